The van der Waals surface area contributed by atoms with Gasteiger partial charge >= 0.3 is 0 Å². The fraction of sp³-hybridized carbons (Fsp3) is 0.950. The monoisotopic (exact) mass is 304 g/mol. The molecule has 0 aromatic heterocycles. The zero-order valence-corrected chi connectivity index (χ0v) is 14.5. The van der Waals surface area contributed by atoms with Gasteiger partial charge in [-0.2, -0.15) is 0 Å². The van der Waals surface area contributed by atoms with Gasteiger partial charge in [-0.05, 0) is 87.4 Å². The van der Waals surface area contributed by atoms with Crippen LogP contribution in [0.5, 0.6) is 0 Å². The molecule has 22 heavy (non-hydrogen) atoms. The lowest BCUT2D eigenvalue weighted by atomic mass is 9.49. The second-order valence-electron chi connectivity index (χ2n) is 9.55. The van der Waals surface area contributed by atoms with E-state index in [0.29, 0.717) is 17.6 Å². The van der Waals surface area contributed by atoms with E-state index >= 15 is 0 Å². The van der Waals surface area contributed by atoms with Crippen molar-refractivity contribution < 1.29 is 9.90 Å². The van der Waals surface area contributed by atoms with Crippen LogP contribution in [0.15, 0.2) is 0 Å². The van der Waals surface area contributed by atoms with Crippen molar-refractivity contribution >= 4 is 5.78 Å². The first kappa shape index (κ1) is 15.2. The van der Waals surface area contributed by atoms with Crippen molar-refractivity contribution in [2.75, 3.05) is 0 Å². The van der Waals surface area contributed by atoms with Crippen LogP contribution in [0.1, 0.15) is 72.1 Å². The maximum Gasteiger partial charge on any atom is 0.139 e. The molecule has 0 aliphatic heterocycles. The molecule has 0 spiro atoms. The van der Waals surface area contributed by atoms with Crippen LogP contribution in [-0.2, 0) is 4.79 Å². The van der Waals surface area contributed by atoms with E-state index in [0.717, 1.165) is 49.4 Å². The van der Waals surface area contributed by atoms with Gasteiger partial charge in [0.2, 0.25) is 0 Å². The van der Waals surface area contributed by atoms with E-state index in [9.17, 15) is 9.90 Å². The van der Waals surface area contributed by atoms with Crippen molar-refractivity contribution in [3.8, 4) is 0 Å². The summed E-state index contributed by atoms with van der Waals surface area (Å²) >= 11 is 0. The normalized spacial score (nSPS) is 57.9. The van der Waals surface area contributed by atoms with Crippen LogP contribution in [0.2, 0.25) is 0 Å². The number of rotatable bonds is 0. The molecule has 0 bridgehead atoms. The first-order valence-electron chi connectivity index (χ1n) is 9.58. The zero-order chi connectivity index (χ0) is 15.7. The first-order valence-corrected chi connectivity index (χ1v) is 9.58. The van der Waals surface area contributed by atoms with Gasteiger partial charge in [-0.3, -0.25) is 4.79 Å². The fourth-order valence-corrected chi connectivity index (χ4v) is 7.02. The number of hydrogen-bond donors (Lipinski definition) is 1. The number of carbonyl (C=O) groups is 1. The van der Waals surface area contributed by atoms with Crippen LogP contribution in [-0.4, -0.2) is 16.5 Å². The molecule has 4 aliphatic carbocycles. The molecule has 4 fully saturated rings. The van der Waals surface area contributed by atoms with E-state index in [4.69, 9.17) is 0 Å². The van der Waals surface area contributed by atoms with Gasteiger partial charge in [0.15, 0.2) is 0 Å². The van der Waals surface area contributed by atoms with Gasteiger partial charge in [0.25, 0.3) is 0 Å². The summed E-state index contributed by atoms with van der Waals surface area (Å²) in [7, 11) is 0. The third-order valence-electron chi connectivity index (χ3n) is 8.59. The SMILES string of the molecule is C[C@H]1C[C@H]2[C@@H](CC[C@@H]3[C@@H]2CC[C@]2(C)C(=O)CC[C@@H]32)C[C@]1(C)O. The molecule has 4 saturated carbocycles. The summed E-state index contributed by atoms with van der Waals surface area (Å²) in [5.74, 6) is 4.81. The maximum absolute atomic E-state index is 12.4. The van der Waals surface area contributed by atoms with E-state index in [2.05, 4.69) is 13.8 Å². The average Bonchev–Trinajstić information content (AvgIpc) is 2.76. The number of fused-ring (bicyclic) bond motifs is 5. The lowest BCUT2D eigenvalue weighted by molar-refractivity contribution is -0.138. The Labute approximate surface area is 135 Å². The largest absolute Gasteiger partial charge is 0.390 e. The second kappa shape index (κ2) is 4.82. The highest BCUT2D eigenvalue weighted by atomic mass is 16.3. The van der Waals surface area contributed by atoms with Crippen LogP contribution in [0.25, 0.3) is 0 Å². The molecule has 0 heterocycles. The van der Waals surface area contributed by atoms with Crippen LogP contribution in [0.4, 0.5) is 0 Å². The van der Waals surface area contributed by atoms with Crippen molar-refractivity contribution in [1.82, 2.24) is 0 Å². The third-order valence-corrected chi connectivity index (χ3v) is 8.59. The molecular formula is C20H32O2. The van der Waals surface area contributed by atoms with Crippen molar-refractivity contribution in [3.63, 3.8) is 0 Å². The van der Waals surface area contributed by atoms with Gasteiger partial charge in [-0.15, -0.1) is 0 Å². The molecule has 124 valence electrons. The molecule has 0 aromatic rings. The minimum absolute atomic E-state index is 0.0137. The average molecular weight is 304 g/mol. The predicted octanol–water partition coefficient (Wildman–Crippen LogP) is 4.21. The zero-order valence-electron chi connectivity index (χ0n) is 14.5. The van der Waals surface area contributed by atoms with Gasteiger partial charge in [0.05, 0.1) is 5.60 Å². The number of carbonyl (C=O) groups excluding carboxylic acids is 1. The molecule has 2 heteroatoms. The summed E-state index contributed by atoms with van der Waals surface area (Å²) in [6.45, 7) is 6.56. The molecule has 4 rings (SSSR count). The Morgan fingerprint density at radius 1 is 1.05 bits per heavy atom. The van der Waals surface area contributed by atoms with Gasteiger partial charge in [0.1, 0.15) is 5.78 Å². The first-order chi connectivity index (χ1) is 10.3. The van der Waals surface area contributed by atoms with Crippen LogP contribution >= 0.6 is 0 Å². The van der Waals surface area contributed by atoms with E-state index in [1.807, 2.05) is 6.92 Å². The number of hydrogen-bond acceptors (Lipinski definition) is 2. The maximum atomic E-state index is 12.4. The van der Waals surface area contributed by atoms with Crippen LogP contribution in [0, 0.1) is 40.9 Å². The minimum atomic E-state index is -0.458. The number of aliphatic hydroxyl groups is 1. The second-order valence-corrected chi connectivity index (χ2v) is 9.55. The smallest absolute Gasteiger partial charge is 0.139 e. The highest BCUT2D eigenvalue weighted by Crippen LogP contribution is 2.62. The Balaban J connectivity index is 1.59. The Morgan fingerprint density at radius 2 is 1.82 bits per heavy atom. The van der Waals surface area contributed by atoms with Crippen molar-refractivity contribution in [3.05, 3.63) is 0 Å². The standard InChI is InChI=1S/C20H32O2/c1-12-10-16-13(11-20(12,3)22)4-5-15-14(16)8-9-19(2)17(15)6-7-18(19)21/h12-17,22H,4-11H2,1-3H3/t12-,13-,14-,15+,16-,17-,19-,20-/m0/s1. The molecule has 0 aromatic carbocycles. The summed E-state index contributed by atoms with van der Waals surface area (Å²) in [4.78, 5) is 12.4. The minimum Gasteiger partial charge on any atom is -0.390 e. The van der Waals surface area contributed by atoms with Crippen molar-refractivity contribution in [1.29, 1.82) is 0 Å². The summed E-state index contributed by atoms with van der Waals surface area (Å²) in [6.07, 6.45) is 9.19. The number of Topliss-reactive ketones (excluding diaryl/α,β-unsaturated/α-hetero) is 1. The van der Waals surface area contributed by atoms with E-state index in [1.165, 1.54) is 25.7 Å². The van der Waals surface area contributed by atoms with E-state index in [1.54, 1.807) is 0 Å². The van der Waals surface area contributed by atoms with Crippen LogP contribution < -0.4 is 0 Å². The highest BCUT2D eigenvalue weighted by molar-refractivity contribution is 5.87. The molecule has 0 radical (unpaired) electrons. The Morgan fingerprint density at radius 3 is 2.59 bits per heavy atom. The molecule has 1 N–H and O–H groups in total. The molecule has 4 aliphatic rings. The molecule has 8 atom stereocenters. The quantitative estimate of drug-likeness (QED) is 0.728. The van der Waals surface area contributed by atoms with Crippen molar-refractivity contribution in [2.45, 2.75) is 77.7 Å². The van der Waals surface area contributed by atoms with Gasteiger partial charge in [-0.25, -0.2) is 0 Å². The summed E-state index contributed by atoms with van der Waals surface area (Å²) in [5.41, 5.74) is -0.444. The van der Waals surface area contributed by atoms with E-state index < -0.39 is 5.60 Å². The Bertz CT molecular complexity index is 482. The topological polar surface area (TPSA) is 37.3 Å². The van der Waals surface area contributed by atoms with Gasteiger partial charge in [0, 0.05) is 11.8 Å². The Hall–Kier alpha value is -0.370. The summed E-state index contributed by atoms with van der Waals surface area (Å²) in [5, 5.41) is 10.7. The van der Waals surface area contributed by atoms with Crippen molar-refractivity contribution in [2.24, 2.45) is 40.9 Å². The molecule has 0 saturated heterocycles. The van der Waals surface area contributed by atoms with Gasteiger partial charge < -0.3 is 5.11 Å². The fourth-order valence-electron chi connectivity index (χ4n) is 7.02. The van der Waals surface area contributed by atoms with E-state index in [-0.39, 0.29) is 5.41 Å². The summed E-state index contributed by atoms with van der Waals surface area (Å²) < 4.78 is 0. The third kappa shape index (κ3) is 1.98. The van der Waals surface area contributed by atoms with Crippen LogP contribution in [0.3, 0.4) is 0 Å². The van der Waals surface area contributed by atoms with Gasteiger partial charge in [-0.1, -0.05) is 13.8 Å². The molecule has 2 nitrogen and oxygen atoms in total. The number of ketones is 1. The lowest BCUT2D eigenvalue weighted by Crippen LogP contribution is -2.52. The molecular weight excluding hydrogens is 272 g/mol. The highest BCUT2D eigenvalue weighted by Gasteiger charge is 2.58. The Kier molecular flexibility index (Phi) is 3.32. The lowest BCUT2D eigenvalue weighted by Gasteiger charge is -2.57. The molecule has 0 unspecified atom stereocenters. The molecule has 0 amide bonds. The summed E-state index contributed by atoms with van der Waals surface area (Å²) in [6, 6.07) is 0. The predicted molar refractivity (Wildman–Crippen MR) is 87.3 cm³/mol.